The fraction of sp³-hybridized carbons (Fsp3) is 0. The summed E-state index contributed by atoms with van der Waals surface area (Å²) in [4.78, 5) is 68.6. The third-order valence-corrected chi connectivity index (χ3v) is 0. The number of hydrogen-bond acceptors (Lipinski definition) is 8. The molecular formula is BaEuNO8Si2. The summed E-state index contributed by atoms with van der Waals surface area (Å²) in [7, 11) is -11.2. The minimum Gasteiger partial charge on any atom is -0.894 e. The molecule has 70 valence electrons. The van der Waals surface area contributed by atoms with Crippen molar-refractivity contribution in [1.29, 1.82) is 0 Å². The minimum atomic E-state index is -5.61. The van der Waals surface area contributed by atoms with Crippen LogP contribution in [0.3, 0.4) is 0 Å². The maximum atomic E-state index is 8.58. The maximum absolute atomic E-state index is 8.58. The van der Waals surface area contributed by atoms with Gasteiger partial charge in [-0.25, -0.2) is 0 Å². The van der Waals surface area contributed by atoms with Gasteiger partial charge in [-0.3, -0.25) is 0 Å². The van der Waals surface area contributed by atoms with Gasteiger partial charge in [-0.1, -0.05) is 0 Å². The summed E-state index contributed by atoms with van der Waals surface area (Å²) in [6.45, 7) is 0. The van der Waals surface area contributed by atoms with Crippen LogP contribution in [-0.2, 0) is 0 Å². The van der Waals surface area contributed by atoms with Crippen molar-refractivity contribution in [3.05, 3.63) is 0 Å². The number of nitrogens with zero attached hydrogens (tertiary/aromatic N) is 1. The third-order valence-electron chi connectivity index (χ3n) is 0. The van der Waals surface area contributed by atoms with Gasteiger partial charge in [0, 0.05) is 0 Å². The van der Waals surface area contributed by atoms with E-state index in [1.54, 1.807) is 0 Å². The van der Waals surface area contributed by atoms with E-state index < -0.39 is 18.1 Å². The predicted molar refractivity (Wildman–Crippen MR) is 19.4 cm³/mol. The van der Waals surface area contributed by atoms with Crippen molar-refractivity contribution in [2.24, 2.45) is 0 Å². The molecular weight excluding hydrogens is 487 g/mol. The van der Waals surface area contributed by atoms with Gasteiger partial charge in [-0.2, -0.15) is 0 Å². The van der Waals surface area contributed by atoms with E-state index in [2.05, 4.69) is 0 Å². The van der Waals surface area contributed by atoms with E-state index in [9.17, 15) is 0 Å². The quantitative estimate of drug-likeness (QED) is 0.298. The number of hydrogen-bond donors (Lipinski definition) is 0. The summed E-state index contributed by atoms with van der Waals surface area (Å²) in [6.07, 6.45) is 0. The zero-order valence-electron chi connectivity index (χ0n) is 5.80. The van der Waals surface area contributed by atoms with Crippen LogP contribution in [0.5, 0.6) is 0 Å². The molecule has 0 aliphatic carbocycles. The fourth-order valence-corrected chi connectivity index (χ4v) is 0. The zero-order chi connectivity index (χ0) is 9.00. The molecule has 0 aliphatic heterocycles. The Morgan fingerprint density at radius 3 is 0.538 bits per heavy atom. The van der Waals surface area contributed by atoms with Gasteiger partial charge in [-0.05, 0) is 0 Å². The van der Waals surface area contributed by atoms with E-state index in [-0.39, 0.29) is 104 Å². The molecule has 0 amide bonds. The van der Waals surface area contributed by atoms with Gasteiger partial charge in [-0.15, -0.1) is 0 Å². The molecule has 0 aliphatic rings. The van der Waals surface area contributed by atoms with Crippen molar-refractivity contribution in [2.75, 3.05) is 0 Å². The summed E-state index contributed by atoms with van der Waals surface area (Å²) >= 11 is 0. The van der Waals surface area contributed by atoms with Gasteiger partial charge in [0.25, 0.3) is 0 Å². The van der Waals surface area contributed by atoms with Crippen LogP contribution in [0.25, 0.3) is 0 Å². The molecule has 0 rings (SSSR count). The van der Waals surface area contributed by atoms with Crippen LogP contribution in [0, 0.1) is 49.4 Å². The molecule has 0 aromatic rings. The van der Waals surface area contributed by atoms with Crippen LogP contribution in [0.4, 0.5) is 0 Å². The Balaban J connectivity index is -0.0000000267. The third kappa shape index (κ3) is 284. The molecule has 0 N–H and O–H groups in total. The monoisotopic (exact) mass is 489 g/mol. The first kappa shape index (κ1) is 29.7. The molecule has 0 bridgehead atoms. The van der Waals surface area contributed by atoms with Crippen molar-refractivity contribution in [3.63, 3.8) is 0 Å². The van der Waals surface area contributed by atoms with Crippen molar-refractivity contribution in [1.82, 2.24) is 6.15 Å². The van der Waals surface area contributed by atoms with Gasteiger partial charge in [0.1, 0.15) is 0 Å². The van der Waals surface area contributed by atoms with Gasteiger partial charge >= 0.3 is 104 Å². The van der Waals surface area contributed by atoms with Crippen molar-refractivity contribution >= 4 is 67.0 Å². The predicted octanol–water partition coefficient (Wildman–Crippen LogP) is -11.1. The molecule has 0 unspecified atom stereocenters. The Kier molecular flexibility index (Phi) is 29.8. The van der Waals surface area contributed by atoms with Gasteiger partial charge < -0.3 is 56.5 Å². The molecule has 0 atom stereocenters. The Bertz CT molecular complexity index is 65.1. The van der Waals surface area contributed by atoms with Crippen molar-refractivity contribution < 1.29 is 87.7 Å². The van der Waals surface area contributed by atoms with Crippen LogP contribution >= 0.6 is 0 Å². The first-order valence-corrected chi connectivity index (χ1v) is 4.90. The molecule has 2 radical (unpaired) electrons. The van der Waals surface area contributed by atoms with E-state index in [1.807, 2.05) is 0 Å². The Hall–Kier alpha value is 2.98. The topological polar surface area (TPSA) is 215 Å². The average Bonchev–Trinajstić information content (AvgIpc) is 1.12. The van der Waals surface area contributed by atoms with E-state index in [0.29, 0.717) is 0 Å². The van der Waals surface area contributed by atoms with Crippen LogP contribution in [0.1, 0.15) is 0 Å². The molecule has 0 aromatic carbocycles. The van der Waals surface area contributed by atoms with Crippen molar-refractivity contribution in [3.8, 4) is 0 Å². The molecule has 0 heterocycles. The maximum Gasteiger partial charge on any atom is 3.00 e. The first-order chi connectivity index (χ1) is 4.00. The second-order valence-corrected chi connectivity index (χ2v) is 3.00. The molecule has 0 saturated carbocycles. The minimum absolute atomic E-state index is 0. The van der Waals surface area contributed by atoms with Gasteiger partial charge in [0.05, 0.1) is 0 Å². The van der Waals surface area contributed by atoms with Gasteiger partial charge in [0.15, 0.2) is 0 Å². The van der Waals surface area contributed by atoms with Crippen molar-refractivity contribution in [2.45, 2.75) is 0 Å². The van der Waals surface area contributed by atoms with Crippen LogP contribution in [-0.4, -0.2) is 67.0 Å². The van der Waals surface area contributed by atoms with Crippen LogP contribution in [0.2, 0.25) is 0 Å². The second-order valence-electron chi connectivity index (χ2n) is 1.00. The normalized spacial score (nSPS) is 9.23. The van der Waals surface area contributed by atoms with Crippen LogP contribution in [0.15, 0.2) is 0 Å². The summed E-state index contributed by atoms with van der Waals surface area (Å²) in [5.41, 5.74) is 0. The van der Waals surface area contributed by atoms with E-state index in [1.165, 1.54) is 0 Å². The zero-order valence-corrected chi connectivity index (χ0v) is 14.7. The smallest absolute Gasteiger partial charge is 0.894 e. The first-order valence-electron chi connectivity index (χ1n) is 1.63. The van der Waals surface area contributed by atoms with E-state index >= 15 is 0 Å². The molecule has 0 saturated heterocycles. The van der Waals surface area contributed by atoms with E-state index in [0.717, 1.165) is 0 Å². The Morgan fingerprint density at radius 1 is 0.538 bits per heavy atom. The Morgan fingerprint density at radius 2 is 0.538 bits per heavy atom. The molecule has 0 fully saturated rings. The molecule has 13 heteroatoms. The summed E-state index contributed by atoms with van der Waals surface area (Å²) < 4.78 is 0. The second kappa shape index (κ2) is 13.0. The Labute approximate surface area is 157 Å². The SMILES string of the molecule is [Ba+2].[Eu+3].[N+3].[O-][Si]([O-])([O-])[O-].[O-][Si]([O-])([O-])[O-]. The van der Waals surface area contributed by atoms with Crippen LogP contribution < -0.4 is 44.5 Å². The van der Waals surface area contributed by atoms with E-state index in [4.69, 9.17) is 38.4 Å². The largest absolute Gasteiger partial charge is 3.00 e. The fourth-order valence-electron chi connectivity index (χ4n) is 0. The summed E-state index contributed by atoms with van der Waals surface area (Å²) in [5.74, 6) is 0. The number of rotatable bonds is 0. The molecule has 0 aromatic heterocycles. The van der Waals surface area contributed by atoms with Gasteiger partial charge in [0.2, 0.25) is 0 Å². The average molecular weight is 487 g/mol. The molecule has 0 spiro atoms. The summed E-state index contributed by atoms with van der Waals surface area (Å²) in [6, 6.07) is 0. The molecule has 9 nitrogen and oxygen atoms in total. The summed E-state index contributed by atoms with van der Waals surface area (Å²) in [5, 5.41) is 0. The standard InChI is InChI=1S/Ba.Eu.N.2O4Si/c;;;2*1-5(2,3)4/q+2;2*+3;2*-4. The molecule has 13 heavy (non-hydrogen) atoms.